The zero-order chi connectivity index (χ0) is 22.9. The van der Waals surface area contributed by atoms with Gasteiger partial charge in [0.1, 0.15) is 5.78 Å². The van der Waals surface area contributed by atoms with Gasteiger partial charge in [-0.1, -0.05) is 27.7 Å². The smallest absolute Gasteiger partial charge is 0.239 e. The molecule has 0 bridgehead atoms. The van der Waals surface area contributed by atoms with Crippen LogP contribution in [0.5, 0.6) is 0 Å². The van der Waals surface area contributed by atoms with Gasteiger partial charge in [-0.25, -0.2) is 0 Å². The van der Waals surface area contributed by atoms with Gasteiger partial charge in [0.15, 0.2) is 0 Å². The van der Waals surface area contributed by atoms with Crippen LogP contribution in [0.4, 0.5) is 0 Å². The van der Waals surface area contributed by atoms with Gasteiger partial charge in [-0.15, -0.1) is 0 Å². The Hall–Kier alpha value is -1.47. The highest BCUT2D eigenvalue weighted by Gasteiger charge is 2.25. The fraction of sp³-hybridized carbons (Fsp3) is 0.864. The number of likely N-dealkylation sites (N-methyl/N-ethyl adjacent to an activating group) is 1. The van der Waals surface area contributed by atoms with Crippen LogP contribution in [0.25, 0.3) is 0 Å². The van der Waals surface area contributed by atoms with E-state index in [-0.39, 0.29) is 53.4 Å². The van der Waals surface area contributed by atoms with Crippen LogP contribution in [-0.4, -0.2) is 68.1 Å². The number of carbonyl (C=O) groups excluding carboxylic acids is 3. The molecule has 0 aromatic heterocycles. The van der Waals surface area contributed by atoms with Crippen LogP contribution in [0.1, 0.15) is 68.2 Å². The number of hydrogen-bond acceptors (Lipinski definition) is 5. The number of hydrogen-bond donors (Lipinski definition) is 1. The summed E-state index contributed by atoms with van der Waals surface area (Å²) in [6.45, 7) is 17.9. The number of Topliss-reactive ketones (excluding diaryl/α,β-unsaturated/α-hetero) is 1. The molecule has 170 valence electrons. The fourth-order valence-electron chi connectivity index (χ4n) is 2.28. The molecule has 29 heavy (non-hydrogen) atoms. The maximum absolute atomic E-state index is 12.1. The van der Waals surface area contributed by atoms with Crippen molar-refractivity contribution in [3.8, 4) is 0 Å². The van der Waals surface area contributed by atoms with E-state index < -0.39 is 0 Å². The molecular weight excluding hydrogens is 372 g/mol. The molecule has 0 heterocycles. The summed E-state index contributed by atoms with van der Waals surface area (Å²) in [5.74, 6) is -0.473. The van der Waals surface area contributed by atoms with Crippen LogP contribution in [-0.2, 0) is 23.9 Å². The van der Waals surface area contributed by atoms with Crippen LogP contribution >= 0.6 is 0 Å². The van der Waals surface area contributed by atoms with E-state index in [2.05, 4.69) is 19.2 Å². The third-order valence-electron chi connectivity index (χ3n) is 4.14. The summed E-state index contributed by atoms with van der Waals surface area (Å²) in [6.07, 6.45) is 0.333. The Kier molecular flexibility index (Phi) is 11.1. The quantitative estimate of drug-likeness (QED) is 0.501. The van der Waals surface area contributed by atoms with Crippen molar-refractivity contribution >= 4 is 17.6 Å². The molecule has 0 saturated carbocycles. The van der Waals surface area contributed by atoms with E-state index in [1.54, 1.807) is 7.05 Å². The highest BCUT2D eigenvalue weighted by Crippen LogP contribution is 2.22. The van der Waals surface area contributed by atoms with Crippen molar-refractivity contribution in [1.82, 2.24) is 10.2 Å². The Bertz CT molecular complexity index is 550. The normalized spacial score (nSPS) is 12.6. The van der Waals surface area contributed by atoms with Crippen molar-refractivity contribution in [3.05, 3.63) is 0 Å². The lowest BCUT2D eigenvalue weighted by atomic mass is 9.93. The van der Waals surface area contributed by atoms with E-state index in [0.717, 1.165) is 0 Å². The number of ketones is 1. The number of amides is 2. The van der Waals surface area contributed by atoms with Gasteiger partial charge in [0, 0.05) is 37.3 Å². The molecule has 7 nitrogen and oxygen atoms in total. The van der Waals surface area contributed by atoms with E-state index >= 15 is 0 Å². The Morgan fingerprint density at radius 1 is 0.862 bits per heavy atom. The standard InChI is InChI=1S/C22H42N2O5/c1-17(25)10-11-19(27)24(9)12-18(26)23-13-21(5,6)14-28-15-22(7,8)16-29-20(2,3)4/h10-16H2,1-9H3,(H,23,26). The van der Waals surface area contributed by atoms with E-state index in [4.69, 9.17) is 9.47 Å². The summed E-state index contributed by atoms with van der Waals surface area (Å²) in [4.78, 5) is 36.3. The van der Waals surface area contributed by atoms with Crippen LogP contribution in [0.3, 0.4) is 0 Å². The number of carbonyl (C=O) groups is 3. The highest BCUT2D eigenvalue weighted by molar-refractivity contribution is 5.87. The molecule has 0 aliphatic heterocycles. The molecule has 0 rings (SSSR count). The van der Waals surface area contributed by atoms with Crippen molar-refractivity contribution in [2.24, 2.45) is 10.8 Å². The number of ether oxygens (including phenoxy) is 2. The second kappa shape index (κ2) is 11.6. The summed E-state index contributed by atoms with van der Waals surface area (Å²) in [5.41, 5.74) is -0.523. The summed E-state index contributed by atoms with van der Waals surface area (Å²) in [5, 5.41) is 2.86. The first-order valence-corrected chi connectivity index (χ1v) is 10.2. The Morgan fingerprint density at radius 2 is 1.41 bits per heavy atom. The first-order chi connectivity index (χ1) is 13.0. The van der Waals surface area contributed by atoms with Crippen LogP contribution in [0, 0.1) is 10.8 Å². The average molecular weight is 415 g/mol. The largest absolute Gasteiger partial charge is 0.380 e. The molecule has 0 unspecified atom stereocenters. The lowest BCUT2D eigenvalue weighted by molar-refractivity contribution is -0.135. The number of nitrogens with zero attached hydrogens (tertiary/aromatic N) is 1. The second-order valence-electron chi connectivity index (χ2n) is 10.5. The van der Waals surface area contributed by atoms with Gasteiger partial charge in [0.05, 0.1) is 32.0 Å². The zero-order valence-corrected chi connectivity index (χ0v) is 19.9. The van der Waals surface area contributed by atoms with E-state index in [1.807, 2.05) is 34.6 Å². The van der Waals surface area contributed by atoms with Crippen LogP contribution in [0.15, 0.2) is 0 Å². The lowest BCUT2D eigenvalue weighted by Gasteiger charge is -2.31. The molecule has 0 aliphatic carbocycles. The molecule has 0 atom stereocenters. The lowest BCUT2D eigenvalue weighted by Crippen LogP contribution is -2.43. The number of nitrogens with one attached hydrogen (secondary N) is 1. The first-order valence-electron chi connectivity index (χ1n) is 10.2. The minimum Gasteiger partial charge on any atom is -0.380 e. The Balaban J connectivity index is 4.26. The third kappa shape index (κ3) is 15.1. The average Bonchev–Trinajstić information content (AvgIpc) is 2.55. The van der Waals surface area contributed by atoms with Gasteiger partial charge in [0.25, 0.3) is 0 Å². The SMILES string of the molecule is CC(=O)CCC(=O)N(C)CC(=O)NCC(C)(C)COCC(C)(C)COC(C)(C)C. The Labute approximate surface area is 176 Å². The molecule has 1 N–H and O–H groups in total. The molecule has 0 aromatic rings. The molecule has 0 spiro atoms. The monoisotopic (exact) mass is 414 g/mol. The topological polar surface area (TPSA) is 84.9 Å². The van der Waals surface area contributed by atoms with Gasteiger partial charge in [-0.2, -0.15) is 0 Å². The van der Waals surface area contributed by atoms with Crippen molar-refractivity contribution in [1.29, 1.82) is 0 Å². The van der Waals surface area contributed by atoms with Crippen molar-refractivity contribution in [2.45, 2.75) is 73.8 Å². The van der Waals surface area contributed by atoms with Gasteiger partial charge >= 0.3 is 0 Å². The summed E-state index contributed by atoms with van der Waals surface area (Å²) in [7, 11) is 1.57. The molecule has 0 fully saturated rings. The minimum atomic E-state index is -0.242. The van der Waals surface area contributed by atoms with Gasteiger partial charge in [-0.3, -0.25) is 9.59 Å². The minimum absolute atomic E-state index is 0.0230. The predicted octanol–water partition coefficient (Wildman–Crippen LogP) is 2.81. The molecular formula is C22H42N2O5. The van der Waals surface area contributed by atoms with Crippen molar-refractivity contribution in [3.63, 3.8) is 0 Å². The third-order valence-corrected chi connectivity index (χ3v) is 4.14. The maximum Gasteiger partial charge on any atom is 0.239 e. The van der Waals surface area contributed by atoms with Crippen LogP contribution in [0.2, 0.25) is 0 Å². The molecule has 0 aliphatic rings. The maximum atomic E-state index is 12.1. The molecule has 0 radical (unpaired) electrons. The number of rotatable bonds is 13. The van der Waals surface area contributed by atoms with Gasteiger partial charge in [-0.05, 0) is 27.7 Å². The Morgan fingerprint density at radius 3 is 1.93 bits per heavy atom. The highest BCUT2D eigenvalue weighted by atomic mass is 16.5. The van der Waals surface area contributed by atoms with Crippen molar-refractivity contribution < 1.29 is 23.9 Å². The van der Waals surface area contributed by atoms with Crippen LogP contribution < -0.4 is 5.32 Å². The summed E-state index contributed by atoms with van der Waals surface area (Å²) >= 11 is 0. The second-order valence-corrected chi connectivity index (χ2v) is 10.5. The van der Waals surface area contributed by atoms with Crippen molar-refractivity contribution in [2.75, 3.05) is 40.0 Å². The summed E-state index contributed by atoms with van der Waals surface area (Å²) in [6, 6.07) is 0. The molecule has 2 amide bonds. The zero-order valence-electron chi connectivity index (χ0n) is 19.9. The van der Waals surface area contributed by atoms with Gasteiger partial charge in [0.2, 0.25) is 11.8 Å². The molecule has 0 aromatic carbocycles. The van der Waals surface area contributed by atoms with Gasteiger partial charge < -0.3 is 24.5 Å². The molecule has 0 saturated heterocycles. The van der Waals surface area contributed by atoms with E-state index in [0.29, 0.717) is 26.4 Å². The van der Waals surface area contributed by atoms with E-state index in [1.165, 1.54) is 11.8 Å². The molecule has 7 heteroatoms. The first kappa shape index (κ1) is 27.5. The fourth-order valence-corrected chi connectivity index (χ4v) is 2.28. The summed E-state index contributed by atoms with van der Waals surface area (Å²) < 4.78 is 11.8. The van der Waals surface area contributed by atoms with E-state index in [9.17, 15) is 14.4 Å². The predicted molar refractivity (Wildman–Crippen MR) is 115 cm³/mol.